The summed E-state index contributed by atoms with van der Waals surface area (Å²) in [6.07, 6.45) is 5.20. The summed E-state index contributed by atoms with van der Waals surface area (Å²) in [5.41, 5.74) is 0.791. The molecule has 1 saturated carbocycles. The van der Waals surface area contributed by atoms with Crippen LogP contribution in [0.15, 0.2) is 47.4 Å². The molecule has 1 aliphatic carbocycles. The summed E-state index contributed by atoms with van der Waals surface area (Å²) >= 11 is 0. The van der Waals surface area contributed by atoms with E-state index in [-0.39, 0.29) is 10.8 Å². The van der Waals surface area contributed by atoms with Crippen molar-refractivity contribution in [2.24, 2.45) is 5.92 Å². The monoisotopic (exact) mass is 458 g/mol. The predicted octanol–water partition coefficient (Wildman–Crippen LogP) is 4.30. The van der Waals surface area contributed by atoms with Crippen LogP contribution in [0.2, 0.25) is 0 Å². The number of hydrogen-bond acceptors (Lipinski definition) is 5. The molecule has 8 heteroatoms. The SMILES string of the molecule is CCOc1ccc(S(=O)(=O)N2CCCCC2)cc1NC(=O)c1ccc(OCC2CC2)cc1. The number of carbonyl (C=O) groups is 1. The van der Waals surface area contributed by atoms with Crippen molar-refractivity contribution < 1.29 is 22.7 Å². The van der Waals surface area contributed by atoms with Crippen molar-refractivity contribution in [3.63, 3.8) is 0 Å². The first-order valence-corrected chi connectivity index (χ1v) is 12.7. The molecule has 4 rings (SSSR count). The van der Waals surface area contributed by atoms with E-state index < -0.39 is 10.0 Å². The summed E-state index contributed by atoms with van der Waals surface area (Å²) in [4.78, 5) is 13.0. The normalized spacial score (nSPS) is 17.0. The summed E-state index contributed by atoms with van der Waals surface area (Å²) in [5.74, 6) is 1.48. The van der Waals surface area contributed by atoms with Gasteiger partial charge in [-0.15, -0.1) is 0 Å². The molecule has 0 aromatic heterocycles. The predicted molar refractivity (Wildman–Crippen MR) is 123 cm³/mol. The lowest BCUT2D eigenvalue weighted by atomic mass is 10.2. The van der Waals surface area contributed by atoms with Gasteiger partial charge in [0.1, 0.15) is 11.5 Å². The fourth-order valence-electron chi connectivity index (χ4n) is 3.70. The molecule has 0 bridgehead atoms. The maximum atomic E-state index is 13.1. The summed E-state index contributed by atoms with van der Waals surface area (Å²) in [6.45, 7) is 3.98. The molecule has 1 saturated heterocycles. The molecule has 2 fully saturated rings. The van der Waals surface area contributed by atoms with Gasteiger partial charge in [0.15, 0.2) is 0 Å². The van der Waals surface area contributed by atoms with Crippen LogP contribution in [0.25, 0.3) is 0 Å². The highest BCUT2D eigenvalue weighted by atomic mass is 32.2. The van der Waals surface area contributed by atoms with Gasteiger partial charge in [-0.25, -0.2) is 8.42 Å². The van der Waals surface area contributed by atoms with E-state index in [1.54, 1.807) is 30.3 Å². The molecule has 1 aliphatic heterocycles. The van der Waals surface area contributed by atoms with Gasteiger partial charge in [-0.1, -0.05) is 6.42 Å². The Labute approximate surface area is 189 Å². The van der Waals surface area contributed by atoms with Gasteiger partial charge in [-0.05, 0) is 81.0 Å². The molecule has 172 valence electrons. The Morgan fingerprint density at radius 3 is 2.41 bits per heavy atom. The van der Waals surface area contributed by atoms with E-state index in [9.17, 15) is 13.2 Å². The van der Waals surface area contributed by atoms with Gasteiger partial charge in [0.2, 0.25) is 10.0 Å². The molecule has 32 heavy (non-hydrogen) atoms. The van der Waals surface area contributed by atoms with Crippen molar-refractivity contribution >= 4 is 21.6 Å². The largest absolute Gasteiger partial charge is 0.493 e. The number of carbonyl (C=O) groups excluding carboxylic acids is 1. The first-order valence-electron chi connectivity index (χ1n) is 11.3. The lowest BCUT2D eigenvalue weighted by Crippen LogP contribution is -2.35. The molecule has 2 aromatic carbocycles. The van der Waals surface area contributed by atoms with Gasteiger partial charge in [0.05, 0.1) is 23.8 Å². The number of benzene rings is 2. The smallest absolute Gasteiger partial charge is 0.255 e. The third kappa shape index (κ3) is 5.42. The Morgan fingerprint density at radius 2 is 1.75 bits per heavy atom. The molecule has 2 aromatic rings. The standard InChI is InChI=1S/C24H30N2O5S/c1-2-30-23-13-12-21(32(28,29)26-14-4-3-5-15-26)16-22(23)25-24(27)19-8-10-20(11-9-19)31-17-18-6-7-18/h8-13,16,18H,2-7,14-15,17H2,1H3,(H,25,27). The van der Waals surface area contributed by atoms with Crippen molar-refractivity contribution in [2.45, 2.75) is 43.9 Å². The number of sulfonamides is 1. The Morgan fingerprint density at radius 1 is 1.03 bits per heavy atom. The van der Waals surface area contributed by atoms with Crippen LogP contribution in [-0.2, 0) is 10.0 Å². The average Bonchev–Trinajstić information content (AvgIpc) is 3.64. The summed E-state index contributed by atoms with van der Waals surface area (Å²) in [7, 11) is -3.62. The zero-order chi connectivity index (χ0) is 22.6. The lowest BCUT2D eigenvalue weighted by molar-refractivity contribution is 0.102. The van der Waals surface area contributed by atoms with Crippen LogP contribution in [-0.4, -0.2) is 44.9 Å². The van der Waals surface area contributed by atoms with E-state index in [0.29, 0.717) is 49.2 Å². The van der Waals surface area contributed by atoms with E-state index in [2.05, 4.69) is 5.32 Å². The van der Waals surface area contributed by atoms with Gasteiger partial charge in [0.25, 0.3) is 5.91 Å². The van der Waals surface area contributed by atoms with Crippen LogP contribution in [0.4, 0.5) is 5.69 Å². The van der Waals surface area contributed by atoms with Crippen LogP contribution in [0, 0.1) is 5.92 Å². The van der Waals surface area contributed by atoms with Crippen LogP contribution in [0.5, 0.6) is 11.5 Å². The minimum absolute atomic E-state index is 0.155. The third-order valence-corrected chi connectivity index (χ3v) is 7.65. The molecular weight excluding hydrogens is 428 g/mol. The number of amides is 1. The van der Waals surface area contributed by atoms with E-state index in [1.807, 2.05) is 6.92 Å². The number of hydrogen-bond donors (Lipinski definition) is 1. The maximum absolute atomic E-state index is 13.1. The van der Waals surface area contributed by atoms with Crippen LogP contribution in [0.1, 0.15) is 49.4 Å². The number of ether oxygens (including phenoxy) is 2. The third-order valence-electron chi connectivity index (χ3n) is 5.75. The molecule has 7 nitrogen and oxygen atoms in total. The van der Waals surface area contributed by atoms with Gasteiger partial charge in [-0.3, -0.25) is 4.79 Å². The second-order valence-corrected chi connectivity index (χ2v) is 10.2. The van der Waals surface area contributed by atoms with Crippen LogP contribution < -0.4 is 14.8 Å². The van der Waals surface area contributed by atoms with Gasteiger partial charge in [-0.2, -0.15) is 4.31 Å². The minimum Gasteiger partial charge on any atom is -0.493 e. The minimum atomic E-state index is -3.62. The zero-order valence-corrected chi connectivity index (χ0v) is 19.2. The van der Waals surface area contributed by atoms with E-state index in [1.165, 1.54) is 29.3 Å². The highest BCUT2D eigenvalue weighted by Crippen LogP contribution is 2.31. The number of nitrogens with zero attached hydrogens (tertiary/aromatic N) is 1. The number of piperidine rings is 1. The molecule has 0 spiro atoms. The molecule has 1 amide bonds. The zero-order valence-electron chi connectivity index (χ0n) is 18.4. The molecule has 1 N–H and O–H groups in total. The van der Waals surface area contributed by atoms with Crippen LogP contribution >= 0.6 is 0 Å². The van der Waals surface area contributed by atoms with Gasteiger partial charge >= 0.3 is 0 Å². The quantitative estimate of drug-likeness (QED) is 0.606. The van der Waals surface area contributed by atoms with E-state index in [0.717, 1.165) is 25.0 Å². The Bertz CT molecular complexity index is 1040. The van der Waals surface area contributed by atoms with Crippen LogP contribution in [0.3, 0.4) is 0 Å². The summed E-state index contributed by atoms with van der Waals surface area (Å²) < 4.78 is 39.0. The Kier molecular flexibility index (Phi) is 7.01. The van der Waals surface area contributed by atoms with Crippen molar-refractivity contribution in [2.75, 3.05) is 31.6 Å². The van der Waals surface area contributed by atoms with E-state index in [4.69, 9.17) is 9.47 Å². The van der Waals surface area contributed by atoms with Crippen molar-refractivity contribution in [1.82, 2.24) is 4.31 Å². The second-order valence-electron chi connectivity index (χ2n) is 8.29. The number of nitrogens with one attached hydrogen (secondary N) is 1. The second kappa shape index (κ2) is 9.92. The topological polar surface area (TPSA) is 84.9 Å². The highest BCUT2D eigenvalue weighted by molar-refractivity contribution is 7.89. The first kappa shape index (κ1) is 22.6. The van der Waals surface area contributed by atoms with Crippen molar-refractivity contribution in [3.05, 3.63) is 48.0 Å². The van der Waals surface area contributed by atoms with E-state index >= 15 is 0 Å². The number of anilines is 1. The Balaban J connectivity index is 1.51. The summed E-state index contributed by atoms with van der Waals surface area (Å²) in [6, 6.07) is 11.6. The van der Waals surface area contributed by atoms with Crippen molar-refractivity contribution in [3.8, 4) is 11.5 Å². The Hall–Kier alpha value is -2.58. The maximum Gasteiger partial charge on any atom is 0.255 e. The first-order chi connectivity index (χ1) is 15.5. The number of rotatable bonds is 9. The molecule has 2 aliphatic rings. The highest BCUT2D eigenvalue weighted by Gasteiger charge is 2.27. The summed E-state index contributed by atoms with van der Waals surface area (Å²) in [5, 5.41) is 2.82. The van der Waals surface area contributed by atoms with Crippen molar-refractivity contribution in [1.29, 1.82) is 0 Å². The fraction of sp³-hybridized carbons (Fsp3) is 0.458. The molecular formula is C24H30N2O5S. The lowest BCUT2D eigenvalue weighted by Gasteiger charge is -2.26. The van der Waals surface area contributed by atoms with Gasteiger partial charge in [0, 0.05) is 18.7 Å². The molecule has 0 atom stereocenters. The fourth-order valence-corrected chi connectivity index (χ4v) is 5.24. The molecule has 0 unspecified atom stereocenters. The van der Waals surface area contributed by atoms with Gasteiger partial charge < -0.3 is 14.8 Å². The molecule has 0 radical (unpaired) electrons. The average molecular weight is 459 g/mol. The molecule has 1 heterocycles.